The molecule has 8 heteroatoms. The van der Waals surface area contributed by atoms with Crippen LogP contribution in [0.15, 0.2) is 60.7 Å². The van der Waals surface area contributed by atoms with Gasteiger partial charge in [-0.3, -0.25) is 0 Å². The zero-order chi connectivity index (χ0) is 25.6. The van der Waals surface area contributed by atoms with E-state index in [0.717, 1.165) is 44.9 Å². The summed E-state index contributed by atoms with van der Waals surface area (Å²) >= 11 is 6.14. The molecule has 2 aliphatic heterocycles. The molecular weight excluding hydrogens is 488 g/mol. The highest BCUT2D eigenvalue weighted by atomic mass is 35.5. The maximum atomic E-state index is 13.5. The molecule has 1 saturated heterocycles. The lowest BCUT2D eigenvalue weighted by atomic mass is 9.84. The van der Waals surface area contributed by atoms with Crippen molar-refractivity contribution >= 4 is 28.7 Å². The number of fused-ring (bicyclic) bond motifs is 2. The number of aromatic amines is 1. The summed E-state index contributed by atoms with van der Waals surface area (Å²) in [6.07, 6.45) is 0.944. The standard InChI is InChI=1S/C29H29ClN4O3/c1-19-31-25-7-5-21(16-26(25)32-19)20-6-8-27-22(15-20)18-34(13-14-37-27)28(35)33-11-9-29(36,10-12-33)23-3-2-4-24(30)17-23/h2-8,15-17,36H,9-14,18H2,1H3,(H,31,32). The predicted molar refractivity (Wildman–Crippen MR) is 144 cm³/mol. The largest absolute Gasteiger partial charge is 0.491 e. The van der Waals surface area contributed by atoms with Crippen molar-refractivity contribution in [3.05, 3.63) is 82.6 Å². The van der Waals surface area contributed by atoms with Crippen molar-refractivity contribution in [3.8, 4) is 16.9 Å². The number of carbonyl (C=O) groups excluding carboxylic acids is 1. The maximum Gasteiger partial charge on any atom is 0.320 e. The summed E-state index contributed by atoms with van der Waals surface area (Å²) in [6, 6.07) is 19.7. The van der Waals surface area contributed by atoms with Gasteiger partial charge in [0.2, 0.25) is 0 Å². The van der Waals surface area contributed by atoms with E-state index in [0.29, 0.717) is 50.7 Å². The number of benzene rings is 3. The van der Waals surface area contributed by atoms with Crippen LogP contribution in [-0.4, -0.2) is 57.1 Å². The zero-order valence-corrected chi connectivity index (χ0v) is 21.5. The van der Waals surface area contributed by atoms with Crippen LogP contribution in [-0.2, 0) is 12.1 Å². The van der Waals surface area contributed by atoms with Crippen LogP contribution in [0.5, 0.6) is 5.75 Å². The number of hydrogen-bond acceptors (Lipinski definition) is 4. The Morgan fingerprint density at radius 1 is 1.03 bits per heavy atom. The van der Waals surface area contributed by atoms with Crippen molar-refractivity contribution in [2.45, 2.75) is 31.9 Å². The van der Waals surface area contributed by atoms with E-state index in [1.54, 1.807) is 6.07 Å². The van der Waals surface area contributed by atoms with Crippen LogP contribution in [0.3, 0.4) is 0 Å². The van der Waals surface area contributed by atoms with Crippen LogP contribution >= 0.6 is 11.6 Å². The summed E-state index contributed by atoms with van der Waals surface area (Å²) in [6.45, 7) is 4.34. The Hall–Kier alpha value is -3.55. The smallest absolute Gasteiger partial charge is 0.320 e. The predicted octanol–water partition coefficient (Wildman–Crippen LogP) is 5.49. The van der Waals surface area contributed by atoms with E-state index < -0.39 is 5.60 Å². The lowest BCUT2D eigenvalue weighted by molar-refractivity contribution is -0.0201. The van der Waals surface area contributed by atoms with Crippen LogP contribution in [0.1, 0.15) is 29.8 Å². The minimum absolute atomic E-state index is 0.0237. The van der Waals surface area contributed by atoms with Gasteiger partial charge in [0.25, 0.3) is 0 Å². The van der Waals surface area contributed by atoms with E-state index in [1.807, 2.05) is 47.1 Å². The number of ether oxygens (including phenoxy) is 1. The van der Waals surface area contributed by atoms with Crippen LogP contribution < -0.4 is 4.74 Å². The molecule has 0 radical (unpaired) electrons. The van der Waals surface area contributed by atoms with Crippen LogP contribution in [0.25, 0.3) is 22.2 Å². The molecule has 7 nitrogen and oxygen atoms in total. The Bertz CT molecular complexity index is 1480. The Labute approximate surface area is 220 Å². The first kappa shape index (κ1) is 23.8. The zero-order valence-electron chi connectivity index (χ0n) is 20.7. The van der Waals surface area contributed by atoms with Crippen LogP contribution in [0, 0.1) is 6.92 Å². The average molecular weight is 517 g/mol. The van der Waals surface area contributed by atoms with Gasteiger partial charge in [-0.15, -0.1) is 0 Å². The normalized spacial score (nSPS) is 17.3. The lowest BCUT2D eigenvalue weighted by Gasteiger charge is -2.40. The highest BCUT2D eigenvalue weighted by molar-refractivity contribution is 6.30. The Kier molecular flexibility index (Phi) is 6.05. The molecular formula is C29H29ClN4O3. The number of piperidine rings is 1. The van der Waals surface area contributed by atoms with Gasteiger partial charge in [-0.1, -0.05) is 35.9 Å². The molecule has 1 aromatic heterocycles. The Morgan fingerprint density at radius 3 is 2.62 bits per heavy atom. The van der Waals surface area contributed by atoms with E-state index in [2.05, 4.69) is 34.2 Å². The van der Waals surface area contributed by atoms with Crippen molar-refractivity contribution < 1.29 is 14.6 Å². The summed E-state index contributed by atoms with van der Waals surface area (Å²) < 4.78 is 6.00. The fourth-order valence-electron chi connectivity index (χ4n) is 5.39. The number of nitrogens with one attached hydrogen (secondary N) is 1. The number of likely N-dealkylation sites (tertiary alicyclic amines) is 1. The molecule has 3 aromatic carbocycles. The summed E-state index contributed by atoms with van der Waals surface area (Å²) in [5, 5.41) is 11.8. The Morgan fingerprint density at radius 2 is 1.81 bits per heavy atom. The molecule has 1 fully saturated rings. The second-order valence-electron chi connectivity index (χ2n) is 9.96. The minimum Gasteiger partial charge on any atom is -0.491 e. The summed E-state index contributed by atoms with van der Waals surface area (Å²) in [7, 11) is 0. The molecule has 0 saturated carbocycles. The molecule has 2 N–H and O–H groups in total. The van der Waals surface area contributed by atoms with Crippen molar-refractivity contribution in [1.82, 2.24) is 19.8 Å². The van der Waals surface area contributed by atoms with Crippen molar-refractivity contribution in [1.29, 1.82) is 0 Å². The van der Waals surface area contributed by atoms with Gasteiger partial charge in [0, 0.05) is 23.7 Å². The highest BCUT2D eigenvalue weighted by Crippen LogP contribution is 2.35. The number of halogens is 1. The second kappa shape index (κ2) is 9.39. The number of H-pyrrole nitrogens is 1. The quantitative estimate of drug-likeness (QED) is 0.369. The first-order valence-corrected chi connectivity index (χ1v) is 13.0. The molecule has 0 atom stereocenters. The van der Waals surface area contributed by atoms with E-state index >= 15 is 0 Å². The third-order valence-electron chi connectivity index (χ3n) is 7.47. The van der Waals surface area contributed by atoms with E-state index in [4.69, 9.17) is 16.3 Å². The summed E-state index contributed by atoms with van der Waals surface area (Å²) in [4.78, 5) is 25.0. The molecule has 3 heterocycles. The van der Waals surface area contributed by atoms with Gasteiger partial charge in [-0.25, -0.2) is 9.78 Å². The number of aromatic nitrogens is 2. The number of aliphatic hydroxyl groups is 1. The summed E-state index contributed by atoms with van der Waals surface area (Å²) in [5.41, 5.74) is 4.91. The fourth-order valence-corrected chi connectivity index (χ4v) is 5.58. The molecule has 2 aliphatic rings. The molecule has 0 unspecified atom stereocenters. The molecule has 37 heavy (non-hydrogen) atoms. The average Bonchev–Trinajstić information content (AvgIpc) is 3.14. The van der Waals surface area contributed by atoms with Crippen LogP contribution in [0.4, 0.5) is 4.79 Å². The van der Waals surface area contributed by atoms with Gasteiger partial charge in [0.15, 0.2) is 0 Å². The molecule has 6 rings (SSSR count). The molecule has 190 valence electrons. The second-order valence-corrected chi connectivity index (χ2v) is 10.4. The first-order valence-electron chi connectivity index (χ1n) is 12.6. The van der Waals surface area contributed by atoms with Gasteiger partial charge in [-0.05, 0) is 72.9 Å². The molecule has 0 aliphatic carbocycles. The fraction of sp³-hybridized carbons (Fsp3) is 0.310. The highest BCUT2D eigenvalue weighted by Gasteiger charge is 2.37. The SMILES string of the molecule is Cc1nc2ccc(-c3ccc4c(c3)CN(C(=O)N3CCC(O)(c5cccc(Cl)c5)CC3)CCO4)cc2[nH]1. The number of amides is 2. The van der Waals surface area contributed by atoms with Gasteiger partial charge in [0.05, 0.1) is 29.7 Å². The third kappa shape index (κ3) is 4.65. The van der Waals surface area contributed by atoms with E-state index in [9.17, 15) is 9.90 Å². The van der Waals surface area contributed by atoms with Gasteiger partial charge < -0.3 is 24.6 Å². The lowest BCUT2D eigenvalue weighted by Crippen LogP contribution is -2.50. The van der Waals surface area contributed by atoms with Gasteiger partial charge in [0.1, 0.15) is 18.2 Å². The Balaban J connectivity index is 1.18. The molecule has 2 amide bonds. The maximum absolute atomic E-state index is 13.5. The number of nitrogens with zero attached hydrogens (tertiary/aromatic N) is 3. The number of carbonyl (C=O) groups is 1. The van der Waals surface area contributed by atoms with Crippen LogP contribution in [0.2, 0.25) is 5.02 Å². The number of rotatable bonds is 2. The molecule has 0 bridgehead atoms. The van der Waals surface area contributed by atoms with E-state index in [1.165, 1.54) is 0 Å². The van der Waals surface area contributed by atoms with E-state index in [-0.39, 0.29) is 6.03 Å². The van der Waals surface area contributed by atoms with Crippen molar-refractivity contribution in [2.75, 3.05) is 26.2 Å². The first-order chi connectivity index (χ1) is 17.9. The summed E-state index contributed by atoms with van der Waals surface area (Å²) in [5.74, 6) is 1.70. The van der Waals surface area contributed by atoms with Gasteiger partial charge >= 0.3 is 6.03 Å². The molecule has 0 spiro atoms. The monoisotopic (exact) mass is 516 g/mol. The number of aryl methyl sites for hydroxylation is 1. The minimum atomic E-state index is -0.973. The number of imidazole rings is 1. The molecule has 4 aromatic rings. The van der Waals surface area contributed by atoms with Crippen molar-refractivity contribution in [3.63, 3.8) is 0 Å². The topological polar surface area (TPSA) is 81.7 Å². The number of urea groups is 1. The van der Waals surface area contributed by atoms with Gasteiger partial charge in [-0.2, -0.15) is 0 Å². The third-order valence-corrected chi connectivity index (χ3v) is 7.70. The van der Waals surface area contributed by atoms with Crippen molar-refractivity contribution in [2.24, 2.45) is 0 Å². The number of hydrogen-bond donors (Lipinski definition) is 2.